The molecule has 0 bridgehead atoms. The lowest BCUT2D eigenvalue weighted by Gasteiger charge is -2.02. The molecule has 0 saturated carbocycles. The number of aromatic nitrogens is 2. The van der Waals surface area contributed by atoms with Crippen molar-refractivity contribution in [1.29, 1.82) is 0 Å². The van der Waals surface area contributed by atoms with Crippen LogP contribution < -0.4 is 5.73 Å². The first-order chi connectivity index (χ1) is 7.29. The van der Waals surface area contributed by atoms with Crippen molar-refractivity contribution < 1.29 is 0 Å². The highest BCUT2D eigenvalue weighted by Gasteiger charge is 1.99. The van der Waals surface area contributed by atoms with Gasteiger partial charge in [-0.15, -0.1) is 0 Å². The summed E-state index contributed by atoms with van der Waals surface area (Å²) in [6, 6.07) is 8.19. The van der Waals surface area contributed by atoms with E-state index in [1.807, 2.05) is 12.1 Å². The predicted molar refractivity (Wildman–Crippen MR) is 60.1 cm³/mol. The van der Waals surface area contributed by atoms with Crippen LogP contribution in [0.25, 0.3) is 11.3 Å². The van der Waals surface area contributed by atoms with Crippen LogP contribution in [-0.2, 0) is 6.54 Å². The van der Waals surface area contributed by atoms with Crippen molar-refractivity contribution in [3.05, 3.63) is 47.9 Å². The maximum absolute atomic E-state index is 5.46. The molecular formula is C12H13N3. The average molecular weight is 199 g/mol. The van der Waals surface area contributed by atoms with Gasteiger partial charge in [-0.05, 0) is 13.0 Å². The largest absolute Gasteiger partial charge is 0.325 e. The van der Waals surface area contributed by atoms with E-state index in [0.29, 0.717) is 6.54 Å². The molecule has 0 aliphatic heterocycles. The van der Waals surface area contributed by atoms with E-state index in [2.05, 4.69) is 29.0 Å². The number of hydrogen-bond donors (Lipinski definition) is 1. The van der Waals surface area contributed by atoms with Gasteiger partial charge in [-0.1, -0.05) is 23.8 Å². The van der Waals surface area contributed by atoms with Crippen LogP contribution in [0.5, 0.6) is 0 Å². The number of nitrogens with zero attached hydrogens (tertiary/aromatic N) is 2. The maximum Gasteiger partial charge on any atom is 0.0885 e. The first-order valence-corrected chi connectivity index (χ1v) is 4.87. The minimum atomic E-state index is 0.432. The van der Waals surface area contributed by atoms with E-state index in [1.165, 1.54) is 5.56 Å². The molecule has 0 aliphatic carbocycles. The maximum atomic E-state index is 5.46. The molecule has 1 aromatic carbocycles. The molecule has 0 amide bonds. The molecule has 15 heavy (non-hydrogen) atoms. The molecule has 76 valence electrons. The fraction of sp³-hybridized carbons (Fsp3) is 0.167. The molecule has 1 heterocycles. The Morgan fingerprint density at radius 2 is 2.07 bits per heavy atom. The zero-order valence-corrected chi connectivity index (χ0v) is 8.64. The fourth-order valence-electron chi connectivity index (χ4n) is 1.41. The molecule has 0 unspecified atom stereocenters. The van der Waals surface area contributed by atoms with E-state index >= 15 is 0 Å². The summed E-state index contributed by atoms with van der Waals surface area (Å²) in [6.07, 6.45) is 3.48. The summed E-state index contributed by atoms with van der Waals surface area (Å²) in [7, 11) is 0. The summed E-state index contributed by atoms with van der Waals surface area (Å²) in [6.45, 7) is 2.49. The smallest absolute Gasteiger partial charge is 0.0885 e. The third-order valence-corrected chi connectivity index (χ3v) is 2.23. The van der Waals surface area contributed by atoms with Gasteiger partial charge in [-0.3, -0.25) is 9.97 Å². The normalized spacial score (nSPS) is 10.3. The average Bonchev–Trinajstić information content (AvgIpc) is 2.29. The molecule has 3 heteroatoms. The minimum absolute atomic E-state index is 0.432. The number of rotatable bonds is 2. The highest BCUT2D eigenvalue weighted by molar-refractivity contribution is 5.58. The summed E-state index contributed by atoms with van der Waals surface area (Å²) >= 11 is 0. The monoisotopic (exact) mass is 199 g/mol. The van der Waals surface area contributed by atoms with E-state index in [1.54, 1.807) is 12.4 Å². The second-order valence-corrected chi connectivity index (χ2v) is 3.47. The standard InChI is InChI=1S/C12H13N3/c1-9-3-2-4-10(5-9)12-8-14-11(6-13)7-15-12/h2-5,7-8H,6,13H2,1H3. The lowest BCUT2D eigenvalue weighted by Crippen LogP contribution is -2.00. The number of benzene rings is 1. The zero-order valence-electron chi connectivity index (χ0n) is 8.64. The van der Waals surface area contributed by atoms with Gasteiger partial charge in [0.15, 0.2) is 0 Å². The highest BCUT2D eigenvalue weighted by atomic mass is 14.8. The van der Waals surface area contributed by atoms with Gasteiger partial charge in [0.25, 0.3) is 0 Å². The molecule has 0 atom stereocenters. The summed E-state index contributed by atoms with van der Waals surface area (Å²) < 4.78 is 0. The summed E-state index contributed by atoms with van der Waals surface area (Å²) in [5, 5.41) is 0. The van der Waals surface area contributed by atoms with Gasteiger partial charge in [0.05, 0.1) is 23.8 Å². The van der Waals surface area contributed by atoms with E-state index in [0.717, 1.165) is 17.0 Å². The Labute approximate surface area is 89.0 Å². The Bertz CT molecular complexity index is 449. The van der Waals surface area contributed by atoms with Crippen LogP contribution in [0, 0.1) is 6.92 Å². The van der Waals surface area contributed by atoms with E-state index < -0.39 is 0 Å². The van der Waals surface area contributed by atoms with E-state index in [9.17, 15) is 0 Å². The quantitative estimate of drug-likeness (QED) is 0.803. The van der Waals surface area contributed by atoms with Crippen molar-refractivity contribution in [2.75, 3.05) is 0 Å². The van der Waals surface area contributed by atoms with Gasteiger partial charge < -0.3 is 5.73 Å². The van der Waals surface area contributed by atoms with Crippen LogP contribution in [0.1, 0.15) is 11.3 Å². The number of hydrogen-bond acceptors (Lipinski definition) is 3. The predicted octanol–water partition coefficient (Wildman–Crippen LogP) is 1.91. The van der Waals surface area contributed by atoms with Gasteiger partial charge in [0.2, 0.25) is 0 Å². The van der Waals surface area contributed by atoms with Gasteiger partial charge in [-0.2, -0.15) is 0 Å². The van der Waals surface area contributed by atoms with E-state index in [4.69, 9.17) is 5.73 Å². The van der Waals surface area contributed by atoms with Crippen LogP contribution >= 0.6 is 0 Å². The SMILES string of the molecule is Cc1cccc(-c2cnc(CN)cn2)c1. The van der Waals surface area contributed by atoms with E-state index in [-0.39, 0.29) is 0 Å². The Hall–Kier alpha value is -1.74. The highest BCUT2D eigenvalue weighted by Crippen LogP contribution is 2.16. The van der Waals surface area contributed by atoms with Gasteiger partial charge in [0.1, 0.15) is 0 Å². The molecule has 0 spiro atoms. The zero-order chi connectivity index (χ0) is 10.7. The Balaban J connectivity index is 2.37. The van der Waals surface area contributed by atoms with Crippen molar-refractivity contribution >= 4 is 0 Å². The molecule has 1 aromatic heterocycles. The van der Waals surface area contributed by atoms with Crippen molar-refractivity contribution in [1.82, 2.24) is 9.97 Å². The summed E-state index contributed by atoms with van der Waals surface area (Å²) in [5.41, 5.74) is 9.47. The van der Waals surface area contributed by atoms with Crippen molar-refractivity contribution in [2.45, 2.75) is 13.5 Å². The lowest BCUT2D eigenvalue weighted by molar-refractivity contribution is 0.966. The van der Waals surface area contributed by atoms with Gasteiger partial charge in [0, 0.05) is 12.1 Å². The molecule has 0 radical (unpaired) electrons. The molecular weight excluding hydrogens is 186 g/mol. The first-order valence-electron chi connectivity index (χ1n) is 4.87. The van der Waals surface area contributed by atoms with Gasteiger partial charge >= 0.3 is 0 Å². The Morgan fingerprint density at radius 1 is 1.20 bits per heavy atom. The Kier molecular flexibility index (Phi) is 2.74. The Morgan fingerprint density at radius 3 is 2.67 bits per heavy atom. The van der Waals surface area contributed by atoms with Crippen molar-refractivity contribution in [3.8, 4) is 11.3 Å². The van der Waals surface area contributed by atoms with Crippen molar-refractivity contribution in [3.63, 3.8) is 0 Å². The van der Waals surface area contributed by atoms with Crippen molar-refractivity contribution in [2.24, 2.45) is 5.73 Å². The molecule has 0 aliphatic rings. The second-order valence-electron chi connectivity index (χ2n) is 3.47. The summed E-state index contributed by atoms with van der Waals surface area (Å²) in [4.78, 5) is 8.53. The lowest BCUT2D eigenvalue weighted by atomic mass is 10.1. The molecule has 0 fully saturated rings. The number of nitrogens with two attached hydrogens (primary N) is 1. The fourth-order valence-corrected chi connectivity index (χ4v) is 1.41. The number of aryl methyl sites for hydroxylation is 1. The molecule has 3 nitrogen and oxygen atoms in total. The molecule has 2 N–H and O–H groups in total. The van der Waals surface area contributed by atoms with Crippen LogP contribution in [-0.4, -0.2) is 9.97 Å². The third kappa shape index (κ3) is 2.19. The van der Waals surface area contributed by atoms with Crippen LogP contribution in [0.2, 0.25) is 0 Å². The molecule has 2 rings (SSSR count). The van der Waals surface area contributed by atoms with Crippen LogP contribution in [0.4, 0.5) is 0 Å². The topological polar surface area (TPSA) is 51.8 Å². The second kappa shape index (κ2) is 4.19. The molecule has 0 saturated heterocycles. The molecule has 2 aromatic rings. The first kappa shape index (κ1) is 9.80. The minimum Gasteiger partial charge on any atom is -0.325 e. The third-order valence-electron chi connectivity index (χ3n) is 2.23. The van der Waals surface area contributed by atoms with Crippen LogP contribution in [0.15, 0.2) is 36.7 Å². The summed E-state index contributed by atoms with van der Waals surface area (Å²) in [5.74, 6) is 0. The van der Waals surface area contributed by atoms with Crippen LogP contribution in [0.3, 0.4) is 0 Å². The van der Waals surface area contributed by atoms with Gasteiger partial charge in [-0.25, -0.2) is 0 Å².